The number of piperidine rings is 1. The van der Waals surface area contributed by atoms with Crippen LogP contribution in [0, 0.1) is 5.41 Å². The third kappa shape index (κ3) is 3.68. The number of nitrogens with zero attached hydrogens (tertiary/aromatic N) is 4. The summed E-state index contributed by atoms with van der Waals surface area (Å²) in [5.74, 6) is -1.02. The minimum Gasteiger partial charge on any atom is -0.481 e. The maximum atomic E-state index is 12.4. The molecule has 1 aliphatic rings. The molecule has 1 aliphatic heterocycles. The van der Waals surface area contributed by atoms with Crippen LogP contribution in [0.25, 0.3) is 0 Å². The second kappa shape index (κ2) is 7.25. The van der Waals surface area contributed by atoms with E-state index in [9.17, 15) is 14.7 Å². The van der Waals surface area contributed by atoms with Gasteiger partial charge in [0.05, 0.1) is 15.5 Å². The first-order valence-electron chi connectivity index (χ1n) is 8.13. The molecule has 0 unspecified atom stereocenters. The van der Waals surface area contributed by atoms with Gasteiger partial charge in [0.15, 0.2) is 0 Å². The molecule has 2 heterocycles. The Morgan fingerprint density at radius 3 is 2.46 bits per heavy atom. The Labute approximate surface area is 160 Å². The van der Waals surface area contributed by atoms with Crippen molar-refractivity contribution in [2.45, 2.75) is 19.3 Å². The van der Waals surface area contributed by atoms with E-state index in [4.69, 9.17) is 23.2 Å². The normalized spacial score (nSPS) is 16.5. The number of likely N-dealkylation sites (tertiary alicyclic amines) is 1. The number of aromatic nitrogens is 3. The van der Waals surface area contributed by atoms with Gasteiger partial charge in [0.2, 0.25) is 5.82 Å². The lowest BCUT2D eigenvalue weighted by molar-refractivity contribution is -0.151. The van der Waals surface area contributed by atoms with Gasteiger partial charge in [-0.25, -0.2) is 4.98 Å². The molecular weight excluding hydrogens is 379 g/mol. The lowest BCUT2D eigenvalue weighted by atomic mass is 9.74. The molecule has 26 heavy (non-hydrogen) atoms. The van der Waals surface area contributed by atoms with E-state index in [0.717, 1.165) is 5.56 Å². The predicted octanol–water partition coefficient (Wildman–Crippen LogP) is 2.67. The van der Waals surface area contributed by atoms with Crippen LogP contribution in [0.3, 0.4) is 0 Å². The molecule has 0 radical (unpaired) electrons. The number of hydrogen-bond acceptors (Lipinski definition) is 4. The summed E-state index contributed by atoms with van der Waals surface area (Å²) in [4.78, 5) is 30.0. The number of halogens is 2. The average molecular weight is 397 g/mol. The molecule has 0 aliphatic carbocycles. The zero-order valence-corrected chi connectivity index (χ0v) is 15.7. The van der Waals surface area contributed by atoms with Gasteiger partial charge >= 0.3 is 5.97 Å². The predicted molar refractivity (Wildman–Crippen MR) is 96.4 cm³/mol. The molecule has 7 nitrogen and oxygen atoms in total. The number of carbonyl (C=O) groups is 2. The molecule has 0 atom stereocenters. The molecule has 0 saturated carbocycles. The topological polar surface area (TPSA) is 88.3 Å². The van der Waals surface area contributed by atoms with Gasteiger partial charge in [-0.3, -0.25) is 14.3 Å². The second-order valence-electron chi connectivity index (χ2n) is 6.54. The van der Waals surface area contributed by atoms with E-state index in [1.807, 2.05) is 0 Å². The van der Waals surface area contributed by atoms with E-state index in [2.05, 4.69) is 10.1 Å². The number of amides is 1. The molecule has 9 heteroatoms. The number of carbonyl (C=O) groups excluding carboxylic acids is 1. The number of aryl methyl sites for hydroxylation is 1. The molecule has 1 aromatic carbocycles. The number of aliphatic carboxylic acids is 1. The number of benzene rings is 1. The lowest BCUT2D eigenvalue weighted by Crippen LogP contribution is -2.47. The summed E-state index contributed by atoms with van der Waals surface area (Å²) in [6, 6.07) is 5.15. The van der Waals surface area contributed by atoms with Crippen LogP contribution in [0.2, 0.25) is 10.0 Å². The number of carboxylic acid groups (broad SMARTS) is 1. The van der Waals surface area contributed by atoms with Gasteiger partial charge in [-0.15, -0.1) is 5.10 Å². The Morgan fingerprint density at radius 2 is 1.92 bits per heavy atom. The summed E-state index contributed by atoms with van der Waals surface area (Å²) < 4.78 is 1.46. The Bertz CT molecular complexity index is 844. The summed E-state index contributed by atoms with van der Waals surface area (Å²) in [6.45, 7) is 0.676. The highest BCUT2D eigenvalue weighted by Gasteiger charge is 2.43. The third-order valence-electron chi connectivity index (χ3n) is 4.78. The van der Waals surface area contributed by atoms with Crippen molar-refractivity contribution in [1.82, 2.24) is 19.7 Å². The molecule has 0 spiro atoms. The summed E-state index contributed by atoms with van der Waals surface area (Å²) in [6.07, 6.45) is 2.49. The van der Waals surface area contributed by atoms with Crippen molar-refractivity contribution in [2.75, 3.05) is 13.1 Å². The van der Waals surface area contributed by atoms with Gasteiger partial charge in [-0.1, -0.05) is 29.3 Å². The lowest BCUT2D eigenvalue weighted by Gasteiger charge is -2.38. The molecule has 0 bridgehead atoms. The van der Waals surface area contributed by atoms with Crippen LogP contribution in [-0.2, 0) is 18.3 Å². The second-order valence-corrected chi connectivity index (χ2v) is 7.36. The first kappa shape index (κ1) is 18.7. The zero-order valence-electron chi connectivity index (χ0n) is 14.2. The Morgan fingerprint density at radius 1 is 1.23 bits per heavy atom. The van der Waals surface area contributed by atoms with Crippen molar-refractivity contribution in [3.8, 4) is 0 Å². The summed E-state index contributed by atoms with van der Waals surface area (Å²) >= 11 is 12.0. The maximum Gasteiger partial charge on any atom is 0.310 e. The summed E-state index contributed by atoms with van der Waals surface area (Å²) in [5.41, 5.74) is -0.126. The molecule has 1 aromatic heterocycles. The largest absolute Gasteiger partial charge is 0.481 e. The minimum atomic E-state index is -0.939. The van der Waals surface area contributed by atoms with Crippen molar-refractivity contribution < 1.29 is 14.7 Å². The molecule has 2 aromatic rings. The molecular formula is C17H18Cl2N4O3. The highest BCUT2D eigenvalue weighted by Crippen LogP contribution is 2.37. The van der Waals surface area contributed by atoms with Crippen molar-refractivity contribution in [2.24, 2.45) is 12.5 Å². The van der Waals surface area contributed by atoms with Gasteiger partial charge in [0, 0.05) is 20.1 Å². The van der Waals surface area contributed by atoms with Gasteiger partial charge in [0.25, 0.3) is 5.91 Å². The molecule has 1 saturated heterocycles. The van der Waals surface area contributed by atoms with Crippen LogP contribution in [0.5, 0.6) is 0 Å². The first-order chi connectivity index (χ1) is 12.3. The van der Waals surface area contributed by atoms with Crippen LogP contribution in [0.15, 0.2) is 24.5 Å². The van der Waals surface area contributed by atoms with E-state index in [1.54, 1.807) is 30.1 Å². The van der Waals surface area contributed by atoms with Gasteiger partial charge in [-0.05, 0) is 37.0 Å². The number of rotatable bonds is 4. The van der Waals surface area contributed by atoms with E-state index >= 15 is 0 Å². The molecule has 138 valence electrons. The van der Waals surface area contributed by atoms with E-state index in [1.165, 1.54) is 11.0 Å². The van der Waals surface area contributed by atoms with Crippen LogP contribution >= 0.6 is 23.2 Å². The highest BCUT2D eigenvalue weighted by atomic mass is 35.5. The van der Waals surface area contributed by atoms with Crippen molar-refractivity contribution in [3.63, 3.8) is 0 Å². The fourth-order valence-corrected chi connectivity index (χ4v) is 3.54. The smallest absolute Gasteiger partial charge is 0.310 e. The third-order valence-corrected chi connectivity index (χ3v) is 5.52. The van der Waals surface area contributed by atoms with Crippen molar-refractivity contribution in [3.05, 3.63) is 46.0 Å². The van der Waals surface area contributed by atoms with Gasteiger partial charge in [0.1, 0.15) is 6.33 Å². The highest BCUT2D eigenvalue weighted by molar-refractivity contribution is 6.42. The van der Waals surface area contributed by atoms with Gasteiger partial charge in [-0.2, -0.15) is 0 Å². The molecule has 3 rings (SSSR count). The van der Waals surface area contributed by atoms with Crippen molar-refractivity contribution >= 4 is 35.1 Å². The zero-order chi connectivity index (χ0) is 18.9. The van der Waals surface area contributed by atoms with E-state index < -0.39 is 11.4 Å². The SMILES string of the molecule is Cn1cnc(C(=O)N2CCC(Cc3ccc(Cl)c(Cl)c3)(C(=O)O)CC2)n1. The van der Waals surface area contributed by atoms with Crippen LogP contribution < -0.4 is 0 Å². The van der Waals surface area contributed by atoms with Crippen molar-refractivity contribution in [1.29, 1.82) is 0 Å². The summed E-state index contributed by atoms with van der Waals surface area (Å²) in [5, 5.41) is 14.7. The fourth-order valence-electron chi connectivity index (χ4n) is 3.22. The standard InChI is InChI=1S/C17H18Cl2N4O3/c1-22-10-20-14(21-22)15(24)23-6-4-17(5-7-23,16(25)26)9-11-2-3-12(18)13(19)8-11/h2-3,8,10H,4-7,9H2,1H3,(H,25,26). The Kier molecular flexibility index (Phi) is 5.20. The first-order valence-corrected chi connectivity index (χ1v) is 8.88. The number of hydrogen-bond donors (Lipinski definition) is 1. The Balaban J connectivity index is 1.73. The van der Waals surface area contributed by atoms with Crippen LogP contribution in [0.1, 0.15) is 29.0 Å². The average Bonchev–Trinajstić information content (AvgIpc) is 3.04. The maximum absolute atomic E-state index is 12.4. The molecule has 1 fully saturated rings. The summed E-state index contributed by atoms with van der Waals surface area (Å²) in [7, 11) is 1.69. The molecule has 1 amide bonds. The van der Waals surface area contributed by atoms with E-state index in [-0.39, 0.29) is 11.7 Å². The minimum absolute atomic E-state index is 0.125. The van der Waals surface area contributed by atoms with Gasteiger partial charge < -0.3 is 10.0 Å². The monoisotopic (exact) mass is 396 g/mol. The quantitative estimate of drug-likeness (QED) is 0.857. The van der Waals surface area contributed by atoms with Crippen LogP contribution in [-0.4, -0.2) is 49.7 Å². The number of carboxylic acids is 1. The Hall–Kier alpha value is -2.12. The van der Waals surface area contributed by atoms with Crippen LogP contribution in [0.4, 0.5) is 0 Å². The fraction of sp³-hybridized carbons (Fsp3) is 0.412. The molecule has 1 N–H and O–H groups in total. The van der Waals surface area contributed by atoms with E-state index in [0.29, 0.717) is 42.4 Å².